The van der Waals surface area contributed by atoms with Gasteiger partial charge in [-0.25, -0.2) is 4.68 Å². The van der Waals surface area contributed by atoms with Crippen molar-refractivity contribution in [2.45, 2.75) is 33.6 Å². The number of imide groups is 1. The molecule has 36 heavy (non-hydrogen) atoms. The molecule has 0 unspecified atom stereocenters. The molecule has 0 aliphatic carbocycles. The average Bonchev–Trinajstić information content (AvgIpc) is 3.31. The summed E-state index contributed by atoms with van der Waals surface area (Å²) < 4.78 is 7.17. The van der Waals surface area contributed by atoms with E-state index in [9.17, 15) is 14.9 Å². The Morgan fingerprint density at radius 2 is 1.83 bits per heavy atom. The van der Waals surface area contributed by atoms with E-state index in [2.05, 4.69) is 0 Å². The van der Waals surface area contributed by atoms with Crippen molar-refractivity contribution in [2.24, 2.45) is 0 Å². The SMILES string of the molecule is CCCCN1C(=O)C(C#N)=C(C)/C(=C\c2cn(-c3ccccc3)nc2-c2ccc(OC)c(C)c2)C1=O. The molecular weight excluding hydrogens is 452 g/mol. The van der Waals surface area contributed by atoms with Gasteiger partial charge in [0.25, 0.3) is 11.8 Å². The van der Waals surface area contributed by atoms with Crippen LogP contribution in [0.5, 0.6) is 5.75 Å². The highest BCUT2D eigenvalue weighted by Gasteiger charge is 2.35. The Hall–Kier alpha value is -4.44. The molecule has 0 radical (unpaired) electrons. The lowest BCUT2D eigenvalue weighted by Crippen LogP contribution is -2.43. The number of rotatable bonds is 7. The Morgan fingerprint density at radius 3 is 2.47 bits per heavy atom. The van der Waals surface area contributed by atoms with Gasteiger partial charge in [0.1, 0.15) is 17.4 Å². The molecule has 0 N–H and O–H groups in total. The van der Waals surface area contributed by atoms with Gasteiger partial charge in [-0.1, -0.05) is 31.5 Å². The Morgan fingerprint density at radius 1 is 1.08 bits per heavy atom. The third-order valence-corrected chi connectivity index (χ3v) is 6.29. The van der Waals surface area contributed by atoms with Crippen molar-refractivity contribution in [3.8, 4) is 28.8 Å². The molecule has 7 nitrogen and oxygen atoms in total. The molecule has 1 aliphatic rings. The molecule has 1 aromatic heterocycles. The van der Waals surface area contributed by atoms with Crippen molar-refractivity contribution in [1.82, 2.24) is 14.7 Å². The standard InChI is InChI=1S/C29H28N4O3/c1-5-6-14-32-28(34)24(20(3)25(17-30)29(32)35)16-22-18-33(23-10-8-7-9-11-23)31-27(22)21-12-13-26(36-4)19(2)15-21/h7-13,15-16,18H,5-6,14H2,1-4H3/b24-16+. The fourth-order valence-corrected chi connectivity index (χ4v) is 4.26. The molecule has 3 aromatic rings. The van der Waals surface area contributed by atoms with Gasteiger partial charge in [0, 0.05) is 29.4 Å². The Kier molecular flexibility index (Phi) is 7.16. The second-order valence-electron chi connectivity index (χ2n) is 8.68. The van der Waals surface area contributed by atoms with E-state index in [0.717, 1.165) is 29.0 Å². The summed E-state index contributed by atoms with van der Waals surface area (Å²) in [6.45, 7) is 5.87. The van der Waals surface area contributed by atoms with Gasteiger partial charge in [0.15, 0.2) is 0 Å². The summed E-state index contributed by atoms with van der Waals surface area (Å²) in [5.41, 5.74) is 4.75. The first-order chi connectivity index (χ1) is 17.4. The lowest BCUT2D eigenvalue weighted by atomic mass is 9.93. The van der Waals surface area contributed by atoms with Gasteiger partial charge in [-0.2, -0.15) is 10.4 Å². The van der Waals surface area contributed by atoms with Crippen molar-refractivity contribution in [3.63, 3.8) is 0 Å². The van der Waals surface area contributed by atoms with Gasteiger partial charge < -0.3 is 4.74 Å². The van der Waals surface area contributed by atoms with Crippen molar-refractivity contribution < 1.29 is 14.3 Å². The van der Waals surface area contributed by atoms with E-state index >= 15 is 0 Å². The minimum Gasteiger partial charge on any atom is -0.496 e. The number of nitrogens with zero attached hydrogens (tertiary/aromatic N) is 4. The van der Waals surface area contributed by atoms with Crippen LogP contribution in [-0.2, 0) is 9.59 Å². The molecule has 0 fully saturated rings. The maximum Gasteiger partial charge on any atom is 0.271 e. The van der Waals surface area contributed by atoms with Crippen LogP contribution in [0.2, 0.25) is 0 Å². The van der Waals surface area contributed by atoms with E-state index in [1.54, 1.807) is 24.8 Å². The highest BCUT2D eigenvalue weighted by atomic mass is 16.5. The first kappa shape index (κ1) is 24.7. The zero-order valence-corrected chi connectivity index (χ0v) is 20.9. The van der Waals surface area contributed by atoms with Crippen molar-refractivity contribution in [2.75, 3.05) is 13.7 Å². The van der Waals surface area contributed by atoms with Crippen LogP contribution in [0.25, 0.3) is 23.0 Å². The summed E-state index contributed by atoms with van der Waals surface area (Å²) in [4.78, 5) is 27.4. The molecule has 2 heterocycles. The molecule has 0 atom stereocenters. The van der Waals surface area contributed by atoms with E-state index in [4.69, 9.17) is 9.84 Å². The summed E-state index contributed by atoms with van der Waals surface area (Å²) >= 11 is 0. The van der Waals surface area contributed by atoms with Crippen LogP contribution in [0.1, 0.15) is 37.8 Å². The van der Waals surface area contributed by atoms with Crippen LogP contribution in [0.4, 0.5) is 0 Å². The molecule has 0 saturated heterocycles. The second kappa shape index (κ2) is 10.4. The molecule has 182 valence electrons. The zero-order valence-electron chi connectivity index (χ0n) is 20.9. The highest BCUT2D eigenvalue weighted by molar-refractivity contribution is 6.19. The number of amides is 2. The van der Waals surface area contributed by atoms with Gasteiger partial charge in [-0.3, -0.25) is 14.5 Å². The molecule has 2 amide bonds. The molecule has 4 rings (SSSR count). The van der Waals surface area contributed by atoms with Gasteiger partial charge in [0.2, 0.25) is 0 Å². The molecule has 7 heteroatoms. The van der Waals surface area contributed by atoms with E-state index in [-0.39, 0.29) is 12.1 Å². The number of unbranched alkanes of at least 4 members (excludes halogenated alkanes) is 1. The number of aryl methyl sites for hydroxylation is 1. The quantitative estimate of drug-likeness (QED) is 0.340. The van der Waals surface area contributed by atoms with Crippen molar-refractivity contribution in [1.29, 1.82) is 5.26 Å². The van der Waals surface area contributed by atoms with Crippen LogP contribution in [-0.4, -0.2) is 40.1 Å². The molecular formula is C29H28N4O3. The fourth-order valence-electron chi connectivity index (χ4n) is 4.26. The minimum absolute atomic E-state index is 0.00533. The van der Waals surface area contributed by atoms with Crippen LogP contribution >= 0.6 is 0 Å². The highest BCUT2D eigenvalue weighted by Crippen LogP contribution is 2.33. The summed E-state index contributed by atoms with van der Waals surface area (Å²) in [6.07, 6.45) is 5.09. The topological polar surface area (TPSA) is 88.2 Å². The van der Waals surface area contributed by atoms with E-state index < -0.39 is 11.8 Å². The van der Waals surface area contributed by atoms with Crippen molar-refractivity contribution in [3.05, 3.63) is 82.6 Å². The monoisotopic (exact) mass is 480 g/mol. The number of hydrogen-bond acceptors (Lipinski definition) is 5. The Bertz CT molecular complexity index is 1420. The largest absolute Gasteiger partial charge is 0.496 e. The summed E-state index contributed by atoms with van der Waals surface area (Å²) in [7, 11) is 1.63. The maximum atomic E-state index is 13.4. The number of para-hydroxylation sites is 1. The van der Waals surface area contributed by atoms with E-state index in [1.807, 2.05) is 74.6 Å². The molecule has 0 spiro atoms. The zero-order chi connectivity index (χ0) is 25.8. The first-order valence-corrected chi connectivity index (χ1v) is 11.9. The number of carbonyl (C=O) groups is 2. The van der Waals surface area contributed by atoms with Crippen molar-refractivity contribution >= 4 is 17.9 Å². The Balaban J connectivity index is 1.91. The number of carbonyl (C=O) groups excluding carboxylic acids is 2. The predicted octanol–water partition coefficient (Wildman–Crippen LogP) is 5.25. The molecule has 1 aliphatic heterocycles. The van der Waals surface area contributed by atoms with Crippen LogP contribution in [0.15, 0.2) is 71.4 Å². The summed E-state index contributed by atoms with van der Waals surface area (Å²) in [6, 6.07) is 17.5. The number of aromatic nitrogens is 2. The van der Waals surface area contributed by atoms with Gasteiger partial charge in [-0.05, 0) is 67.8 Å². The van der Waals surface area contributed by atoms with Crippen LogP contribution in [0, 0.1) is 18.3 Å². The third kappa shape index (κ3) is 4.58. The number of nitriles is 1. The molecule has 0 saturated carbocycles. The maximum absolute atomic E-state index is 13.4. The first-order valence-electron chi connectivity index (χ1n) is 11.9. The van der Waals surface area contributed by atoms with Crippen LogP contribution < -0.4 is 4.74 Å². The smallest absolute Gasteiger partial charge is 0.271 e. The van der Waals surface area contributed by atoms with Gasteiger partial charge in [0.05, 0.1) is 18.5 Å². The van der Waals surface area contributed by atoms with E-state index in [1.165, 1.54) is 4.90 Å². The second-order valence-corrected chi connectivity index (χ2v) is 8.68. The van der Waals surface area contributed by atoms with E-state index in [0.29, 0.717) is 28.8 Å². The molecule has 0 bridgehead atoms. The normalized spacial score (nSPS) is 15.0. The van der Waals surface area contributed by atoms with Gasteiger partial charge >= 0.3 is 0 Å². The molecule has 2 aromatic carbocycles. The summed E-state index contributed by atoms with van der Waals surface area (Å²) in [5, 5.41) is 14.5. The number of hydrogen-bond donors (Lipinski definition) is 0. The summed E-state index contributed by atoms with van der Waals surface area (Å²) in [5.74, 6) is -0.156. The number of benzene rings is 2. The Labute approximate surface area is 210 Å². The lowest BCUT2D eigenvalue weighted by Gasteiger charge is -2.27. The average molecular weight is 481 g/mol. The predicted molar refractivity (Wildman–Crippen MR) is 138 cm³/mol. The minimum atomic E-state index is -0.531. The fraction of sp³-hybridized carbons (Fsp3) is 0.241. The lowest BCUT2D eigenvalue weighted by molar-refractivity contribution is -0.140. The number of ether oxygens (including phenoxy) is 1. The van der Waals surface area contributed by atoms with Crippen LogP contribution in [0.3, 0.4) is 0 Å². The van der Waals surface area contributed by atoms with Gasteiger partial charge in [-0.15, -0.1) is 0 Å². The number of methoxy groups -OCH3 is 1. The third-order valence-electron chi connectivity index (χ3n) is 6.29.